The lowest BCUT2D eigenvalue weighted by Gasteiger charge is -1.84. The Hall–Kier alpha value is -1.40. The van der Waals surface area contributed by atoms with Gasteiger partial charge < -0.3 is 0 Å². The van der Waals surface area contributed by atoms with Gasteiger partial charge in [-0.1, -0.05) is 0 Å². The molecule has 7 heteroatoms. The number of hydrogen-bond acceptors (Lipinski definition) is 4. The second kappa shape index (κ2) is 2.82. The van der Waals surface area contributed by atoms with Crippen molar-refractivity contribution in [2.75, 3.05) is 0 Å². The Balaban J connectivity index is 2.97. The first-order valence-corrected chi connectivity index (χ1v) is 1.24. The summed E-state index contributed by atoms with van der Waals surface area (Å²) in [5, 5.41) is 10.2. The molecule has 0 saturated carbocycles. The smallest absolute Gasteiger partial charge is 0.179 e. The monoisotopic (exact) mass is 106 g/mol. The average Bonchev–Trinajstić information content (AvgIpc) is 1.61. The molecule has 0 rings (SSSR count). The second-order valence-electron chi connectivity index (χ2n) is 0.572. The van der Waals surface area contributed by atoms with E-state index in [-0.39, 0.29) is 0 Å². The Morgan fingerprint density at radius 2 is 2.29 bits per heavy atom. The molecule has 0 heterocycles. The summed E-state index contributed by atoms with van der Waals surface area (Å²) in [6.45, 7) is 0. The van der Waals surface area contributed by atoms with Gasteiger partial charge in [-0.05, 0) is 5.53 Å². The zero-order valence-corrected chi connectivity index (χ0v) is 3.12. The van der Waals surface area contributed by atoms with E-state index in [9.17, 15) is 10.1 Å². The molecule has 0 aromatic rings. The van der Waals surface area contributed by atoms with E-state index < -0.39 is 5.03 Å². The van der Waals surface area contributed by atoms with Gasteiger partial charge in [0.25, 0.3) is 0 Å². The molecule has 0 atom stereocenters. The third kappa shape index (κ3) is 4.60. The summed E-state index contributed by atoms with van der Waals surface area (Å²) in [6, 6.07) is 0. The van der Waals surface area contributed by atoms with Crippen molar-refractivity contribution in [2.24, 2.45) is 5.29 Å². The molecule has 0 aromatic heterocycles. The molecule has 0 radical (unpaired) electrons. The number of nitrogens with zero attached hydrogens (tertiary/aromatic N) is 2. The van der Waals surface area contributed by atoms with Gasteiger partial charge in [-0.3, -0.25) is 0 Å². The van der Waals surface area contributed by atoms with E-state index in [1.54, 1.807) is 0 Å². The van der Waals surface area contributed by atoms with Crippen molar-refractivity contribution in [3.63, 3.8) is 0 Å². The molecule has 0 saturated heterocycles. The van der Waals surface area contributed by atoms with E-state index in [4.69, 9.17) is 4.91 Å². The quantitative estimate of drug-likeness (QED) is 0.272. The van der Waals surface area contributed by atoms with Gasteiger partial charge in [-0.15, -0.1) is 10.4 Å². The van der Waals surface area contributed by atoms with Crippen LogP contribution in [0.5, 0.6) is 0 Å². The molecular formula is H2N4O3. The molecular weight excluding hydrogens is 104 g/mol. The minimum atomic E-state index is -0.943. The Kier molecular flexibility index (Phi) is 2.25. The highest BCUT2D eigenvalue weighted by Gasteiger charge is 1.83. The predicted molar refractivity (Wildman–Crippen MR) is 19.1 cm³/mol. The van der Waals surface area contributed by atoms with Crippen LogP contribution in [0.2, 0.25) is 0 Å². The van der Waals surface area contributed by atoms with Gasteiger partial charge in [0.15, 0.2) is 5.03 Å². The first kappa shape index (κ1) is 5.60. The molecule has 0 aliphatic rings. The Morgan fingerprint density at radius 3 is 2.43 bits per heavy atom. The summed E-state index contributed by atoms with van der Waals surface area (Å²) in [6.07, 6.45) is 0. The van der Waals surface area contributed by atoms with Crippen molar-refractivity contribution in [3.05, 3.63) is 15.0 Å². The fraction of sp³-hybridized carbons (Fsp3) is 0. The van der Waals surface area contributed by atoms with Crippen LogP contribution in [0.4, 0.5) is 0 Å². The molecule has 7 nitrogen and oxygen atoms in total. The lowest BCUT2D eigenvalue weighted by Crippen LogP contribution is -2.31. The Morgan fingerprint density at radius 1 is 1.71 bits per heavy atom. The minimum Gasteiger partial charge on any atom is -0.233 e. The van der Waals surface area contributed by atoms with E-state index in [2.05, 4.69) is 0 Å². The molecule has 40 valence electrons. The van der Waals surface area contributed by atoms with Gasteiger partial charge in [-0.25, -0.2) is 10.1 Å². The standard InChI is InChI=1S/H2N4O3/c5-3-1-2-4(6)7/h(H,1,5)(H,2,3). The lowest BCUT2D eigenvalue weighted by atomic mass is 12.3. The summed E-state index contributed by atoms with van der Waals surface area (Å²) < 4.78 is 0. The zero-order valence-electron chi connectivity index (χ0n) is 3.12. The Bertz CT molecular complexity index is 77.0. The third-order valence-electron chi connectivity index (χ3n) is 0.187. The van der Waals surface area contributed by atoms with Gasteiger partial charge >= 0.3 is 0 Å². The molecule has 0 unspecified atom stereocenters. The second-order valence-corrected chi connectivity index (χ2v) is 0.572. The highest BCUT2D eigenvalue weighted by Crippen LogP contribution is 1.48. The number of hydrogen-bond donors (Lipinski definition) is 2. The lowest BCUT2D eigenvalue weighted by molar-refractivity contribution is -0.555. The van der Waals surface area contributed by atoms with Crippen LogP contribution in [0, 0.1) is 15.0 Å². The van der Waals surface area contributed by atoms with Crippen molar-refractivity contribution in [2.45, 2.75) is 0 Å². The highest BCUT2D eigenvalue weighted by molar-refractivity contribution is 4.06. The van der Waals surface area contributed by atoms with Crippen molar-refractivity contribution in [1.82, 2.24) is 11.1 Å². The summed E-state index contributed by atoms with van der Waals surface area (Å²) >= 11 is 0. The molecule has 0 aliphatic heterocycles. The van der Waals surface area contributed by atoms with Gasteiger partial charge in [0, 0.05) is 0 Å². The molecule has 0 bridgehead atoms. The summed E-state index contributed by atoms with van der Waals surface area (Å²) in [5.74, 6) is 0. The van der Waals surface area contributed by atoms with Gasteiger partial charge in [0.2, 0.25) is 0 Å². The fourth-order valence-corrected chi connectivity index (χ4v) is 0.0612. The summed E-state index contributed by atoms with van der Waals surface area (Å²) in [7, 11) is 0. The van der Waals surface area contributed by atoms with E-state index in [0.717, 1.165) is 0 Å². The number of hydrazine groups is 2. The van der Waals surface area contributed by atoms with Crippen molar-refractivity contribution < 1.29 is 5.03 Å². The first-order valence-electron chi connectivity index (χ1n) is 1.24. The number of rotatable bonds is 3. The summed E-state index contributed by atoms with van der Waals surface area (Å²) in [5.41, 5.74) is 2.66. The van der Waals surface area contributed by atoms with Crippen molar-refractivity contribution in [3.8, 4) is 0 Å². The minimum absolute atomic E-state index is 0.943. The van der Waals surface area contributed by atoms with E-state index >= 15 is 0 Å². The number of nitroso groups, excluding NO2 is 1. The maximum Gasteiger partial charge on any atom is 0.179 e. The third-order valence-corrected chi connectivity index (χ3v) is 0.187. The largest absolute Gasteiger partial charge is 0.233 e. The van der Waals surface area contributed by atoms with Crippen LogP contribution in [-0.2, 0) is 0 Å². The van der Waals surface area contributed by atoms with E-state index in [1.165, 1.54) is 11.1 Å². The number of nitro groups is 1. The SMILES string of the molecule is O=NNN[N+](=O)[O-]. The molecule has 0 fully saturated rings. The van der Waals surface area contributed by atoms with Crippen LogP contribution in [-0.4, -0.2) is 5.03 Å². The van der Waals surface area contributed by atoms with Crippen LogP contribution in [0.25, 0.3) is 0 Å². The summed E-state index contributed by atoms with van der Waals surface area (Å²) in [4.78, 5) is 18.2. The fourth-order valence-electron chi connectivity index (χ4n) is 0.0612. The molecule has 2 N–H and O–H groups in total. The van der Waals surface area contributed by atoms with Crippen LogP contribution < -0.4 is 11.1 Å². The van der Waals surface area contributed by atoms with Crippen molar-refractivity contribution in [1.29, 1.82) is 0 Å². The van der Waals surface area contributed by atoms with Crippen molar-refractivity contribution >= 4 is 0 Å². The molecule has 0 aliphatic carbocycles. The van der Waals surface area contributed by atoms with Crippen LogP contribution >= 0.6 is 0 Å². The maximum absolute atomic E-state index is 9.19. The molecule has 0 aromatic carbocycles. The normalized spacial score (nSPS) is 6.86. The Labute approximate surface area is 37.7 Å². The maximum atomic E-state index is 9.19. The number of nitrogens with one attached hydrogen (secondary N) is 2. The molecule has 0 spiro atoms. The van der Waals surface area contributed by atoms with Gasteiger partial charge in [0.1, 0.15) is 0 Å². The van der Waals surface area contributed by atoms with Crippen LogP contribution in [0.15, 0.2) is 5.29 Å². The zero-order chi connectivity index (χ0) is 5.70. The van der Waals surface area contributed by atoms with E-state index in [0.29, 0.717) is 0 Å². The molecule has 0 amide bonds. The topological polar surface area (TPSA) is 96.6 Å². The van der Waals surface area contributed by atoms with E-state index in [1.807, 2.05) is 5.29 Å². The van der Waals surface area contributed by atoms with Gasteiger partial charge in [-0.2, -0.15) is 0 Å². The average molecular weight is 106 g/mol. The highest BCUT2D eigenvalue weighted by atomic mass is 16.7. The van der Waals surface area contributed by atoms with Crippen LogP contribution in [0.3, 0.4) is 0 Å². The predicted octanol–water partition coefficient (Wildman–Crippen LogP) is -1.05. The van der Waals surface area contributed by atoms with Crippen LogP contribution in [0.1, 0.15) is 0 Å². The first-order chi connectivity index (χ1) is 3.27. The van der Waals surface area contributed by atoms with Gasteiger partial charge in [0.05, 0.1) is 5.29 Å². The molecule has 7 heavy (non-hydrogen) atoms.